The zero-order valence-electron chi connectivity index (χ0n) is 15.9. The Kier molecular flexibility index (Phi) is 4.39. The summed E-state index contributed by atoms with van der Waals surface area (Å²) in [6, 6.07) is 7.24. The van der Waals surface area contributed by atoms with E-state index in [0.717, 1.165) is 41.5 Å². The van der Waals surface area contributed by atoms with Gasteiger partial charge in [-0.1, -0.05) is 12.1 Å². The van der Waals surface area contributed by atoms with Crippen molar-refractivity contribution in [1.82, 2.24) is 9.55 Å². The van der Waals surface area contributed by atoms with E-state index in [4.69, 9.17) is 10.2 Å². The Labute approximate surface area is 174 Å². The predicted molar refractivity (Wildman–Crippen MR) is 114 cm³/mol. The topological polar surface area (TPSA) is 120 Å². The molecule has 3 aromatic heterocycles. The van der Waals surface area contributed by atoms with E-state index in [1.165, 1.54) is 22.2 Å². The predicted octanol–water partition coefficient (Wildman–Crippen LogP) is 2.82. The number of nitrogens with one attached hydrogen (secondary N) is 1. The average Bonchev–Trinajstić information content (AvgIpc) is 3.28. The van der Waals surface area contributed by atoms with E-state index in [-0.39, 0.29) is 12.1 Å². The summed E-state index contributed by atoms with van der Waals surface area (Å²) in [4.78, 5) is 42.8. The van der Waals surface area contributed by atoms with Crippen LogP contribution in [0.15, 0.2) is 39.8 Å². The van der Waals surface area contributed by atoms with Gasteiger partial charge in [0.25, 0.3) is 11.5 Å². The number of amides is 2. The molecule has 0 radical (unpaired) electrons. The molecule has 0 bridgehead atoms. The van der Waals surface area contributed by atoms with Crippen LogP contribution in [0.5, 0.6) is 0 Å². The van der Waals surface area contributed by atoms with Crippen LogP contribution in [0.25, 0.3) is 22.1 Å². The lowest BCUT2D eigenvalue weighted by Gasteiger charge is -2.11. The van der Waals surface area contributed by atoms with Crippen molar-refractivity contribution in [2.45, 2.75) is 32.2 Å². The minimum atomic E-state index is -0.549. The van der Waals surface area contributed by atoms with E-state index in [2.05, 4.69) is 10.3 Å². The van der Waals surface area contributed by atoms with Crippen LogP contribution in [-0.2, 0) is 24.2 Å². The Hall–Kier alpha value is -3.46. The Morgan fingerprint density at radius 3 is 2.87 bits per heavy atom. The van der Waals surface area contributed by atoms with Crippen LogP contribution < -0.4 is 16.6 Å². The highest BCUT2D eigenvalue weighted by Gasteiger charge is 2.25. The first-order valence-electron chi connectivity index (χ1n) is 9.64. The average molecular weight is 422 g/mol. The molecule has 0 saturated carbocycles. The molecule has 0 spiro atoms. The Bertz CT molecular complexity index is 1380. The fourth-order valence-corrected chi connectivity index (χ4v) is 5.27. The molecular formula is C21H18N4O4S. The van der Waals surface area contributed by atoms with Crippen LogP contribution in [0, 0.1) is 0 Å². The van der Waals surface area contributed by atoms with Crippen molar-refractivity contribution >= 4 is 50.2 Å². The number of carbonyl (C=O) groups excluding carboxylic acids is 2. The number of fused-ring (bicyclic) bond motifs is 4. The molecule has 1 aliphatic rings. The van der Waals surface area contributed by atoms with E-state index in [9.17, 15) is 14.4 Å². The van der Waals surface area contributed by atoms with Crippen molar-refractivity contribution in [3.8, 4) is 0 Å². The largest absolute Gasteiger partial charge is 0.448 e. The number of nitrogens with two attached hydrogens (primary N) is 1. The van der Waals surface area contributed by atoms with E-state index < -0.39 is 17.4 Å². The minimum absolute atomic E-state index is 0.107. The smallest absolute Gasteiger partial charge is 0.297 e. The SMILES string of the molecule is NC(=O)c1c(NC(=O)Cn2cnc3c(oc4ccccc43)c2=O)sc2c1CCCC2. The Balaban J connectivity index is 1.45. The van der Waals surface area contributed by atoms with Gasteiger partial charge in [-0.3, -0.25) is 19.0 Å². The Morgan fingerprint density at radius 1 is 1.23 bits per heavy atom. The summed E-state index contributed by atoms with van der Waals surface area (Å²) in [5.74, 6) is -0.984. The summed E-state index contributed by atoms with van der Waals surface area (Å²) in [5, 5.41) is 3.96. The van der Waals surface area contributed by atoms with Gasteiger partial charge in [-0.2, -0.15) is 0 Å². The number of benzene rings is 1. The molecule has 3 heterocycles. The van der Waals surface area contributed by atoms with Gasteiger partial charge in [0.05, 0.1) is 11.9 Å². The van der Waals surface area contributed by atoms with Crippen molar-refractivity contribution in [2.24, 2.45) is 5.73 Å². The Morgan fingerprint density at radius 2 is 2.03 bits per heavy atom. The monoisotopic (exact) mass is 422 g/mol. The fraction of sp³-hybridized carbons (Fsp3) is 0.238. The molecule has 0 saturated heterocycles. The van der Waals surface area contributed by atoms with Gasteiger partial charge in [-0.05, 0) is 43.4 Å². The number of aromatic nitrogens is 2. The first-order valence-corrected chi connectivity index (χ1v) is 10.5. The number of aryl methyl sites for hydroxylation is 1. The number of anilines is 1. The number of primary amides is 1. The molecule has 0 unspecified atom stereocenters. The van der Waals surface area contributed by atoms with Gasteiger partial charge in [0, 0.05) is 10.3 Å². The number of carbonyl (C=O) groups is 2. The molecule has 4 aromatic rings. The second-order valence-electron chi connectivity index (χ2n) is 7.28. The first kappa shape index (κ1) is 18.6. The third-order valence-corrected chi connectivity index (χ3v) is 6.54. The number of para-hydroxylation sites is 1. The van der Waals surface area contributed by atoms with Crippen molar-refractivity contribution in [1.29, 1.82) is 0 Å². The second kappa shape index (κ2) is 7.10. The lowest BCUT2D eigenvalue weighted by Crippen LogP contribution is -2.28. The highest BCUT2D eigenvalue weighted by atomic mass is 32.1. The van der Waals surface area contributed by atoms with Crippen LogP contribution in [0.2, 0.25) is 0 Å². The summed E-state index contributed by atoms with van der Waals surface area (Å²) < 4.78 is 6.83. The molecule has 3 N–H and O–H groups in total. The molecule has 1 aromatic carbocycles. The number of nitrogens with zero attached hydrogens (tertiary/aromatic N) is 2. The number of hydrogen-bond acceptors (Lipinski definition) is 6. The molecule has 5 rings (SSSR count). The van der Waals surface area contributed by atoms with Gasteiger partial charge in [0.2, 0.25) is 11.5 Å². The standard InChI is InChI=1S/C21H18N4O4S/c22-19(27)16-12-6-2-4-8-14(12)30-20(16)24-15(26)9-25-10-23-17-11-5-1-3-7-13(11)29-18(17)21(25)28/h1,3,5,7,10H,2,4,6,8-9H2,(H2,22,27)(H,24,26). The summed E-state index contributed by atoms with van der Waals surface area (Å²) in [6.45, 7) is -0.250. The summed E-state index contributed by atoms with van der Waals surface area (Å²) in [6.07, 6.45) is 5.04. The molecule has 0 atom stereocenters. The van der Waals surface area contributed by atoms with Gasteiger partial charge < -0.3 is 15.5 Å². The molecule has 152 valence electrons. The van der Waals surface area contributed by atoms with Crippen molar-refractivity contribution in [2.75, 3.05) is 5.32 Å². The van der Waals surface area contributed by atoms with E-state index in [1.807, 2.05) is 18.2 Å². The van der Waals surface area contributed by atoms with Crippen LogP contribution in [0.4, 0.5) is 5.00 Å². The quantitative estimate of drug-likeness (QED) is 0.524. The van der Waals surface area contributed by atoms with Crippen molar-refractivity contribution < 1.29 is 14.0 Å². The normalized spacial score (nSPS) is 13.5. The molecular weight excluding hydrogens is 404 g/mol. The summed E-state index contributed by atoms with van der Waals surface area (Å²) >= 11 is 1.38. The molecule has 30 heavy (non-hydrogen) atoms. The highest BCUT2D eigenvalue weighted by Crippen LogP contribution is 2.37. The molecule has 9 heteroatoms. The number of hydrogen-bond donors (Lipinski definition) is 2. The van der Waals surface area contributed by atoms with Gasteiger partial charge in [0.15, 0.2) is 0 Å². The zero-order chi connectivity index (χ0) is 20.8. The summed E-state index contributed by atoms with van der Waals surface area (Å²) in [7, 11) is 0. The van der Waals surface area contributed by atoms with Gasteiger partial charge in [-0.15, -0.1) is 11.3 Å². The lowest BCUT2D eigenvalue weighted by atomic mass is 9.95. The van der Waals surface area contributed by atoms with Gasteiger partial charge >= 0.3 is 0 Å². The molecule has 1 aliphatic carbocycles. The zero-order valence-corrected chi connectivity index (χ0v) is 16.8. The van der Waals surface area contributed by atoms with Crippen molar-refractivity contribution in [3.63, 3.8) is 0 Å². The van der Waals surface area contributed by atoms with Gasteiger partial charge in [-0.25, -0.2) is 4.98 Å². The second-order valence-corrected chi connectivity index (χ2v) is 8.39. The third kappa shape index (κ3) is 2.98. The molecule has 0 aliphatic heterocycles. The summed E-state index contributed by atoms with van der Waals surface area (Å²) in [5.41, 5.74) is 7.61. The third-order valence-electron chi connectivity index (χ3n) is 5.34. The lowest BCUT2D eigenvalue weighted by molar-refractivity contribution is -0.116. The molecule has 2 amide bonds. The van der Waals surface area contributed by atoms with Crippen LogP contribution >= 0.6 is 11.3 Å². The van der Waals surface area contributed by atoms with Crippen LogP contribution in [-0.4, -0.2) is 21.4 Å². The van der Waals surface area contributed by atoms with Gasteiger partial charge in [0.1, 0.15) is 22.6 Å². The molecule has 8 nitrogen and oxygen atoms in total. The fourth-order valence-electron chi connectivity index (χ4n) is 3.96. The number of rotatable bonds is 4. The maximum atomic E-state index is 12.8. The van der Waals surface area contributed by atoms with E-state index in [0.29, 0.717) is 21.7 Å². The van der Waals surface area contributed by atoms with E-state index in [1.54, 1.807) is 6.07 Å². The van der Waals surface area contributed by atoms with Crippen molar-refractivity contribution in [3.05, 3.63) is 57.0 Å². The number of furan rings is 1. The minimum Gasteiger partial charge on any atom is -0.448 e. The van der Waals surface area contributed by atoms with E-state index >= 15 is 0 Å². The molecule has 0 fully saturated rings. The first-order chi connectivity index (χ1) is 14.5. The highest BCUT2D eigenvalue weighted by molar-refractivity contribution is 7.17. The van der Waals surface area contributed by atoms with Crippen LogP contribution in [0.1, 0.15) is 33.6 Å². The number of thiophene rings is 1. The maximum absolute atomic E-state index is 12.8. The van der Waals surface area contributed by atoms with Crippen LogP contribution in [0.3, 0.4) is 0 Å². The maximum Gasteiger partial charge on any atom is 0.297 e.